The highest BCUT2D eigenvalue weighted by molar-refractivity contribution is 7.18. The van der Waals surface area contributed by atoms with E-state index in [9.17, 15) is 9.59 Å². The van der Waals surface area contributed by atoms with Crippen molar-refractivity contribution in [1.82, 2.24) is 9.88 Å². The van der Waals surface area contributed by atoms with E-state index in [-0.39, 0.29) is 11.7 Å². The highest BCUT2D eigenvalue weighted by Gasteiger charge is 2.33. The Labute approximate surface area is 115 Å². The van der Waals surface area contributed by atoms with Gasteiger partial charge in [0.15, 0.2) is 5.13 Å². The lowest BCUT2D eigenvalue weighted by Crippen LogP contribution is -2.50. The quantitative estimate of drug-likeness (QED) is 0.735. The molecule has 1 aliphatic rings. The third kappa shape index (κ3) is 2.62. The lowest BCUT2D eigenvalue weighted by molar-refractivity contribution is -0.123. The molecule has 0 bridgehead atoms. The molecule has 8 heteroatoms. The van der Waals surface area contributed by atoms with Crippen LogP contribution >= 0.6 is 11.3 Å². The minimum atomic E-state index is -0.541. The Morgan fingerprint density at radius 1 is 1.47 bits per heavy atom. The fourth-order valence-corrected chi connectivity index (χ4v) is 2.99. The Morgan fingerprint density at radius 2 is 2.21 bits per heavy atom. The topological polar surface area (TPSA) is 114 Å². The first-order chi connectivity index (χ1) is 9.04. The van der Waals surface area contributed by atoms with Crippen molar-refractivity contribution in [2.24, 2.45) is 5.73 Å². The van der Waals surface area contributed by atoms with Crippen molar-refractivity contribution in [1.29, 1.82) is 0 Å². The molecule has 2 heterocycles. The molecule has 104 valence electrons. The number of nitrogen functional groups attached to an aromatic ring is 1. The third-order valence-corrected chi connectivity index (χ3v) is 4.23. The number of hydrogen-bond donors (Lipinski definition) is 3. The molecule has 1 aromatic heterocycles. The van der Waals surface area contributed by atoms with Crippen molar-refractivity contribution in [3.63, 3.8) is 0 Å². The lowest BCUT2D eigenvalue weighted by Gasteiger charge is -2.33. The van der Waals surface area contributed by atoms with Crippen molar-refractivity contribution < 1.29 is 9.59 Å². The number of nitrogens with one attached hydrogen (secondary N) is 1. The van der Waals surface area contributed by atoms with E-state index in [0.717, 1.165) is 12.8 Å². The summed E-state index contributed by atoms with van der Waals surface area (Å²) in [5.74, 6) is -0.543. The van der Waals surface area contributed by atoms with Gasteiger partial charge in [0.1, 0.15) is 16.7 Å². The molecule has 0 spiro atoms. The van der Waals surface area contributed by atoms with Gasteiger partial charge >= 0.3 is 0 Å². The van der Waals surface area contributed by atoms with E-state index in [1.807, 2.05) is 0 Å². The van der Waals surface area contributed by atoms with Crippen LogP contribution in [-0.2, 0) is 4.79 Å². The molecule has 1 unspecified atom stereocenters. The van der Waals surface area contributed by atoms with Crippen LogP contribution in [0, 0.1) is 0 Å². The number of hydrogen-bond acceptors (Lipinski definition) is 6. The number of nitrogens with two attached hydrogens (primary N) is 2. The van der Waals surface area contributed by atoms with Gasteiger partial charge < -0.3 is 21.7 Å². The van der Waals surface area contributed by atoms with Gasteiger partial charge in [-0.15, -0.1) is 0 Å². The van der Waals surface area contributed by atoms with E-state index in [0.29, 0.717) is 23.0 Å². The maximum atomic E-state index is 12.4. The number of rotatable bonds is 3. The number of carbonyl (C=O) groups is 2. The SMILES string of the molecule is CNc1nc(N)c(C(=O)N2CCCCC2C(N)=O)s1. The second-order valence-corrected chi connectivity index (χ2v) is 5.39. The van der Waals surface area contributed by atoms with Crippen LogP contribution in [0.3, 0.4) is 0 Å². The van der Waals surface area contributed by atoms with Crippen LogP contribution in [0.1, 0.15) is 28.9 Å². The van der Waals surface area contributed by atoms with Crippen molar-refractivity contribution in [3.8, 4) is 0 Å². The third-order valence-electron chi connectivity index (χ3n) is 3.15. The van der Waals surface area contributed by atoms with E-state index < -0.39 is 11.9 Å². The van der Waals surface area contributed by atoms with Gasteiger partial charge in [-0.1, -0.05) is 11.3 Å². The number of nitrogens with zero attached hydrogens (tertiary/aromatic N) is 2. The molecule has 1 saturated heterocycles. The molecule has 1 aliphatic heterocycles. The smallest absolute Gasteiger partial charge is 0.268 e. The van der Waals surface area contributed by atoms with E-state index in [1.165, 1.54) is 16.2 Å². The Balaban J connectivity index is 2.25. The largest absolute Gasteiger partial charge is 0.382 e. The molecule has 0 radical (unpaired) electrons. The van der Waals surface area contributed by atoms with E-state index in [2.05, 4.69) is 10.3 Å². The van der Waals surface area contributed by atoms with Gasteiger partial charge in [-0.3, -0.25) is 9.59 Å². The molecule has 19 heavy (non-hydrogen) atoms. The maximum absolute atomic E-state index is 12.4. The fourth-order valence-electron chi connectivity index (χ4n) is 2.19. The van der Waals surface area contributed by atoms with E-state index >= 15 is 0 Å². The molecule has 0 aliphatic carbocycles. The summed E-state index contributed by atoms with van der Waals surface area (Å²) in [5.41, 5.74) is 11.1. The van der Waals surface area contributed by atoms with Gasteiger partial charge in [0.2, 0.25) is 5.91 Å². The Bertz CT molecular complexity index is 501. The maximum Gasteiger partial charge on any atom is 0.268 e. The zero-order valence-corrected chi connectivity index (χ0v) is 11.5. The molecule has 1 fully saturated rings. The minimum absolute atomic E-state index is 0.188. The molecule has 1 aromatic rings. The Kier molecular flexibility index (Phi) is 3.89. The summed E-state index contributed by atoms with van der Waals surface area (Å²) in [6.45, 7) is 0.526. The number of anilines is 2. The number of carbonyl (C=O) groups excluding carboxylic acids is 2. The monoisotopic (exact) mass is 283 g/mol. The van der Waals surface area contributed by atoms with Gasteiger partial charge in [-0.25, -0.2) is 4.98 Å². The van der Waals surface area contributed by atoms with Gasteiger partial charge in [0.05, 0.1) is 0 Å². The fraction of sp³-hybridized carbons (Fsp3) is 0.545. The second kappa shape index (κ2) is 5.43. The van der Waals surface area contributed by atoms with Crippen LogP contribution in [0.15, 0.2) is 0 Å². The molecule has 7 nitrogen and oxygen atoms in total. The minimum Gasteiger partial charge on any atom is -0.382 e. The zero-order valence-electron chi connectivity index (χ0n) is 10.7. The van der Waals surface area contributed by atoms with Gasteiger partial charge in [-0.05, 0) is 19.3 Å². The van der Waals surface area contributed by atoms with Crippen LogP contribution in [0.4, 0.5) is 10.9 Å². The summed E-state index contributed by atoms with van der Waals surface area (Å²) in [7, 11) is 1.71. The Hall–Kier alpha value is -1.83. The predicted molar refractivity (Wildman–Crippen MR) is 73.9 cm³/mol. The van der Waals surface area contributed by atoms with Crippen molar-refractivity contribution in [2.75, 3.05) is 24.6 Å². The van der Waals surface area contributed by atoms with Crippen LogP contribution in [-0.4, -0.2) is 41.3 Å². The molecule has 1 atom stereocenters. The molecule has 5 N–H and O–H groups in total. The van der Waals surface area contributed by atoms with Crippen LogP contribution in [0.5, 0.6) is 0 Å². The average molecular weight is 283 g/mol. The standard InChI is InChI=1S/C11H17N5O2S/c1-14-11-15-8(12)7(19-11)10(18)16-5-3-2-4-6(16)9(13)17/h6H,2-5,12H2,1H3,(H2,13,17)(H,14,15). The first-order valence-electron chi connectivity index (χ1n) is 6.09. The van der Waals surface area contributed by atoms with Gasteiger partial charge in [0.25, 0.3) is 5.91 Å². The number of piperidine rings is 1. The summed E-state index contributed by atoms with van der Waals surface area (Å²) < 4.78 is 0. The number of primary amides is 1. The molecular formula is C11H17N5O2S. The summed E-state index contributed by atoms with van der Waals surface area (Å²) >= 11 is 1.18. The first kappa shape index (κ1) is 13.6. The van der Waals surface area contributed by atoms with Crippen LogP contribution < -0.4 is 16.8 Å². The number of likely N-dealkylation sites (tertiary alicyclic amines) is 1. The van der Waals surface area contributed by atoms with Crippen LogP contribution in [0.25, 0.3) is 0 Å². The summed E-state index contributed by atoms with van der Waals surface area (Å²) in [6.07, 6.45) is 2.38. The molecule has 0 aromatic carbocycles. The van der Waals surface area contributed by atoms with Crippen molar-refractivity contribution >= 4 is 34.1 Å². The summed E-state index contributed by atoms with van der Waals surface area (Å²) in [5, 5.41) is 3.42. The zero-order chi connectivity index (χ0) is 14.0. The number of thiazole rings is 1. The number of aromatic nitrogens is 1. The molecular weight excluding hydrogens is 266 g/mol. The lowest BCUT2D eigenvalue weighted by atomic mass is 10.0. The first-order valence-corrected chi connectivity index (χ1v) is 6.90. The normalized spacial score (nSPS) is 19.2. The average Bonchev–Trinajstić information content (AvgIpc) is 2.79. The summed E-state index contributed by atoms with van der Waals surface area (Å²) in [6, 6.07) is -0.541. The second-order valence-electron chi connectivity index (χ2n) is 4.40. The van der Waals surface area contributed by atoms with Crippen LogP contribution in [0.2, 0.25) is 0 Å². The van der Waals surface area contributed by atoms with Crippen molar-refractivity contribution in [3.05, 3.63) is 4.88 Å². The van der Waals surface area contributed by atoms with E-state index in [1.54, 1.807) is 7.05 Å². The number of amides is 2. The molecule has 2 amide bonds. The molecule has 2 rings (SSSR count). The Morgan fingerprint density at radius 3 is 2.79 bits per heavy atom. The van der Waals surface area contributed by atoms with Gasteiger partial charge in [0, 0.05) is 13.6 Å². The van der Waals surface area contributed by atoms with Crippen molar-refractivity contribution in [2.45, 2.75) is 25.3 Å². The highest BCUT2D eigenvalue weighted by atomic mass is 32.1. The molecule has 0 saturated carbocycles. The summed E-state index contributed by atoms with van der Waals surface area (Å²) in [4.78, 5) is 29.8. The van der Waals surface area contributed by atoms with E-state index in [4.69, 9.17) is 11.5 Å². The van der Waals surface area contributed by atoms with Gasteiger partial charge in [-0.2, -0.15) is 0 Å². The predicted octanol–water partition coefficient (Wildman–Crippen LogP) is 0.247. The highest BCUT2D eigenvalue weighted by Crippen LogP contribution is 2.28.